The van der Waals surface area contributed by atoms with Gasteiger partial charge < -0.3 is 10.3 Å². The minimum absolute atomic E-state index is 0.215. The summed E-state index contributed by atoms with van der Waals surface area (Å²) in [6.07, 6.45) is 5.40. The number of aromatic nitrogens is 2. The Morgan fingerprint density at radius 2 is 2.15 bits per heavy atom. The molecule has 0 aliphatic heterocycles. The van der Waals surface area contributed by atoms with Crippen LogP contribution in [0.4, 0.5) is 0 Å². The molecule has 0 spiro atoms. The lowest BCUT2D eigenvalue weighted by Crippen LogP contribution is -2.47. The lowest BCUT2D eigenvalue weighted by molar-refractivity contribution is -0.123. The number of carbonyl (C=O) groups is 1. The number of hydrogen-bond acceptors (Lipinski definition) is 4. The number of amides is 1. The van der Waals surface area contributed by atoms with E-state index in [1.807, 2.05) is 13.8 Å². The molecule has 0 radical (unpaired) electrons. The van der Waals surface area contributed by atoms with Gasteiger partial charge in [0, 0.05) is 24.9 Å². The van der Waals surface area contributed by atoms with Gasteiger partial charge in [0.25, 0.3) is 0 Å². The largest absolute Gasteiger partial charge is 0.354 e. The summed E-state index contributed by atoms with van der Waals surface area (Å²) in [7, 11) is -3.41. The van der Waals surface area contributed by atoms with Crippen LogP contribution in [-0.4, -0.2) is 43.1 Å². The van der Waals surface area contributed by atoms with Gasteiger partial charge in [0.2, 0.25) is 15.9 Å². The molecule has 114 valence electrons. The van der Waals surface area contributed by atoms with Gasteiger partial charge in [-0.05, 0) is 12.3 Å². The zero-order valence-corrected chi connectivity index (χ0v) is 12.8. The van der Waals surface area contributed by atoms with E-state index < -0.39 is 16.1 Å². The Hall–Kier alpha value is -1.41. The summed E-state index contributed by atoms with van der Waals surface area (Å²) < 4.78 is 24.9. The average Bonchev–Trinajstić information content (AvgIpc) is 2.78. The number of rotatable bonds is 8. The summed E-state index contributed by atoms with van der Waals surface area (Å²) in [6, 6.07) is -0.730. The Balaban J connectivity index is 2.49. The molecule has 3 N–H and O–H groups in total. The first-order chi connectivity index (χ1) is 9.28. The van der Waals surface area contributed by atoms with E-state index in [-0.39, 0.29) is 11.8 Å². The van der Waals surface area contributed by atoms with E-state index >= 15 is 0 Å². The second-order valence-electron chi connectivity index (χ2n) is 5.19. The highest BCUT2D eigenvalue weighted by Crippen LogP contribution is 2.06. The van der Waals surface area contributed by atoms with Crippen molar-refractivity contribution in [3.8, 4) is 0 Å². The third-order valence-electron chi connectivity index (χ3n) is 2.63. The number of hydrogen-bond donors (Lipinski definition) is 3. The minimum Gasteiger partial charge on any atom is -0.354 e. The Bertz CT molecular complexity index is 511. The van der Waals surface area contributed by atoms with Crippen LogP contribution in [0.2, 0.25) is 0 Å². The van der Waals surface area contributed by atoms with Crippen LogP contribution in [0.25, 0.3) is 0 Å². The maximum absolute atomic E-state index is 12.0. The highest BCUT2D eigenvalue weighted by Gasteiger charge is 2.22. The molecule has 0 aromatic carbocycles. The lowest BCUT2D eigenvalue weighted by Gasteiger charge is -2.18. The number of nitrogens with zero attached hydrogens (tertiary/aromatic N) is 1. The number of nitrogens with one attached hydrogen (secondary N) is 3. The lowest BCUT2D eigenvalue weighted by atomic mass is 10.0. The normalized spacial score (nSPS) is 13.4. The zero-order chi connectivity index (χ0) is 15.2. The summed E-state index contributed by atoms with van der Waals surface area (Å²) in [5.74, 6) is -0.0868. The summed E-state index contributed by atoms with van der Waals surface area (Å²) in [5, 5.41) is 2.74. The fourth-order valence-corrected chi connectivity index (χ4v) is 2.52. The molecule has 1 rings (SSSR count). The van der Waals surface area contributed by atoms with Crippen molar-refractivity contribution >= 4 is 15.9 Å². The smallest absolute Gasteiger partial charge is 0.238 e. The molecule has 20 heavy (non-hydrogen) atoms. The van der Waals surface area contributed by atoms with E-state index in [2.05, 4.69) is 20.0 Å². The number of H-pyrrole nitrogens is 1. The molecule has 0 fully saturated rings. The highest BCUT2D eigenvalue weighted by molar-refractivity contribution is 7.88. The molecule has 0 saturated heterocycles. The van der Waals surface area contributed by atoms with Crippen molar-refractivity contribution in [2.45, 2.75) is 32.7 Å². The van der Waals surface area contributed by atoms with Gasteiger partial charge >= 0.3 is 0 Å². The van der Waals surface area contributed by atoms with Crippen molar-refractivity contribution in [1.82, 2.24) is 20.0 Å². The van der Waals surface area contributed by atoms with Crippen LogP contribution in [0.5, 0.6) is 0 Å². The molecule has 1 aromatic heterocycles. The van der Waals surface area contributed by atoms with Crippen LogP contribution in [0.15, 0.2) is 12.5 Å². The number of carbonyl (C=O) groups excluding carboxylic acids is 1. The molecule has 0 aliphatic rings. The van der Waals surface area contributed by atoms with Crippen LogP contribution in [0, 0.1) is 5.92 Å². The number of imidazole rings is 1. The molecule has 1 unspecified atom stereocenters. The topological polar surface area (TPSA) is 104 Å². The minimum atomic E-state index is -3.41. The van der Waals surface area contributed by atoms with Crippen molar-refractivity contribution in [1.29, 1.82) is 0 Å². The predicted molar refractivity (Wildman–Crippen MR) is 76.5 cm³/mol. The van der Waals surface area contributed by atoms with E-state index in [9.17, 15) is 13.2 Å². The molecule has 1 atom stereocenters. The highest BCUT2D eigenvalue weighted by atomic mass is 32.2. The molecule has 0 aliphatic carbocycles. The van der Waals surface area contributed by atoms with E-state index in [1.54, 1.807) is 12.5 Å². The van der Waals surface area contributed by atoms with Crippen molar-refractivity contribution in [3.63, 3.8) is 0 Å². The van der Waals surface area contributed by atoms with Gasteiger partial charge in [-0.15, -0.1) is 0 Å². The Labute approximate surface area is 119 Å². The summed E-state index contributed by atoms with van der Waals surface area (Å²) in [5.41, 5.74) is 0.918. The predicted octanol–water partition coefficient (Wildman–Crippen LogP) is 0.0323. The van der Waals surface area contributed by atoms with E-state index in [4.69, 9.17) is 0 Å². The van der Waals surface area contributed by atoms with Crippen LogP contribution >= 0.6 is 0 Å². The van der Waals surface area contributed by atoms with Crippen LogP contribution < -0.4 is 10.0 Å². The van der Waals surface area contributed by atoms with Gasteiger partial charge in [0.05, 0.1) is 12.6 Å². The first kappa shape index (κ1) is 16.6. The molecule has 7 nitrogen and oxygen atoms in total. The van der Waals surface area contributed by atoms with E-state index in [0.717, 1.165) is 11.9 Å². The van der Waals surface area contributed by atoms with Gasteiger partial charge in [0.1, 0.15) is 6.04 Å². The molecule has 0 saturated carbocycles. The molecule has 1 amide bonds. The molecule has 1 aromatic rings. The summed E-state index contributed by atoms with van der Waals surface area (Å²) >= 11 is 0. The fraction of sp³-hybridized carbons (Fsp3) is 0.667. The van der Waals surface area contributed by atoms with Crippen molar-refractivity contribution < 1.29 is 13.2 Å². The van der Waals surface area contributed by atoms with Gasteiger partial charge in [-0.2, -0.15) is 0 Å². The zero-order valence-electron chi connectivity index (χ0n) is 12.0. The Morgan fingerprint density at radius 1 is 1.45 bits per heavy atom. The first-order valence-electron chi connectivity index (χ1n) is 6.50. The average molecular weight is 302 g/mol. The fourth-order valence-electron chi connectivity index (χ4n) is 1.80. The maximum Gasteiger partial charge on any atom is 0.238 e. The number of aromatic amines is 1. The first-order valence-corrected chi connectivity index (χ1v) is 8.39. The third-order valence-corrected chi connectivity index (χ3v) is 3.34. The molecular formula is C12H22N4O3S. The number of sulfonamides is 1. The second kappa shape index (κ2) is 7.39. The van der Waals surface area contributed by atoms with Crippen molar-refractivity contribution in [3.05, 3.63) is 18.2 Å². The van der Waals surface area contributed by atoms with Gasteiger partial charge in [-0.1, -0.05) is 13.8 Å². The quantitative estimate of drug-likeness (QED) is 0.630. The van der Waals surface area contributed by atoms with Gasteiger partial charge in [0.15, 0.2) is 0 Å². The van der Waals surface area contributed by atoms with Crippen LogP contribution in [0.3, 0.4) is 0 Å². The van der Waals surface area contributed by atoms with Crippen LogP contribution in [0.1, 0.15) is 26.0 Å². The van der Waals surface area contributed by atoms with Crippen LogP contribution in [-0.2, 0) is 21.2 Å². The van der Waals surface area contributed by atoms with Gasteiger partial charge in [-0.3, -0.25) is 4.79 Å². The molecule has 0 bridgehead atoms. The standard InChI is InChI=1S/C12H22N4O3S/c1-9(2)6-11(16-20(3,18)19)12(17)14-5-4-10-7-13-8-15-10/h7-9,11,16H,4-6H2,1-3H3,(H,13,15)(H,14,17). The Kier molecular flexibility index (Phi) is 6.15. The summed E-state index contributed by atoms with van der Waals surface area (Å²) in [4.78, 5) is 18.8. The molecule has 1 heterocycles. The SMILES string of the molecule is CC(C)CC(NS(C)(=O)=O)C(=O)NCCc1cnc[nH]1. The molecular weight excluding hydrogens is 280 g/mol. The van der Waals surface area contributed by atoms with Crippen molar-refractivity contribution in [2.24, 2.45) is 5.92 Å². The Morgan fingerprint density at radius 3 is 2.65 bits per heavy atom. The van der Waals surface area contributed by atoms with Crippen molar-refractivity contribution in [2.75, 3.05) is 12.8 Å². The monoisotopic (exact) mass is 302 g/mol. The second-order valence-corrected chi connectivity index (χ2v) is 6.97. The third kappa shape index (κ3) is 6.67. The summed E-state index contributed by atoms with van der Waals surface area (Å²) in [6.45, 7) is 4.31. The van der Waals surface area contributed by atoms with Gasteiger partial charge in [-0.25, -0.2) is 18.1 Å². The maximum atomic E-state index is 12.0. The molecule has 8 heteroatoms. The van der Waals surface area contributed by atoms with E-state index in [0.29, 0.717) is 19.4 Å². The van der Waals surface area contributed by atoms with E-state index in [1.165, 1.54) is 0 Å².